The summed E-state index contributed by atoms with van der Waals surface area (Å²) in [6.07, 6.45) is 1.19. The molecule has 0 radical (unpaired) electrons. The Morgan fingerprint density at radius 1 is 0.642 bits per heavy atom. The quantitative estimate of drug-likeness (QED) is 0.0673. The number of rotatable bonds is 16. The number of carbonyl (C=O) groups is 7. The lowest BCUT2D eigenvalue weighted by molar-refractivity contribution is -0.143. The molecule has 3 fully saturated rings. The third kappa shape index (κ3) is 15.1. The summed E-state index contributed by atoms with van der Waals surface area (Å²) >= 11 is 0. The van der Waals surface area contributed by atoms with Crippen LogP contribution in [0.1, 0.15) is 59.5 Å². The summed E-state index contributed by atoms with van der Waals surface area (Å²) in [5, 5.41) is 21.4. The second-order valence-corrected chi connectivity index (χ2v) is 20.8. The number of amides is 7. The number of methoxy groups -OCH3 is 1. The monoisotopic (exact) mass is 1100 g/mol. The topological polar surface area (TPSA) is 276 Å². The molecular formula is C61H70N10O10. The van der Waals surface area contributed by atoms with Crippen molar-refractivity contribution in [3.63, 3.8) is 0 Å². The predicted molar refractivity (Wildman–Crippen MR) is 302 cm³/mol. The van der Waals surface area contributed by atoms with Crippen molar-refractivity contribution >= 4 is 52.4 Å². The minimum Gasteiger partial charge on any atom is -0.497 e. The molecule has 20 nitrogen and oxygen atoms in total. The van der Waals surface area contributed by atoms with Crippen LogP contribution in [-0.2, 0) is 59.4 Å². The lowest BCUT2D eigenvalue weighted by atomic mass is 9.90. The van der Waals surface area contributed by atoms with E-state index in [1.54, 1.807) is 98.2 Å². The first kappa shape index (κ1) is 57.0. The fraction of sp³-hybridized carbons (Fsp3) is 0.361. The predicted octanol–water partition coefficient (Wildman–Crippen LogP) is 3.64. The minimum absolute atomic E-state index is 0.0107. The molecule has 5 aromatic carbocycles. The van der Waals surface area contributed by atoms with Gasteiger partial charge in [-0.3, -0.25) is 28.8 Å². The molecule has 7 atom stereocenters. The Kier molecular flexibility index (Phi) is 19.3. The number of aromatic nitrogens is 1. The molecule has 3 aliphatic rings. The zero-order chi connectivity index (χ0) is 56.7. The number of benzene rings is 5. The lowest BCUT2D eigenvalue weighted by Crippen LogP contribution is -2.61. The standard InChI is InChI=1S/C61H70N10O10/c1-79-45-21-22-48-47(33-45)43(35-65-48)32-51-57(74)67-50(30-40-23-26-63-27-24-40)55(72)66-49(29-39-17-19-44(20-18-39)80-37-41-13-7-3-8-14-41)56(73)69-52(31-38-11-5-2-6-12-38)60(77)71-36-46(81-61(78)64-28-25-62)34-53(71)58(75)70-54(59(76)68-51)42-15-9-4-10-16-42/h2-22,33,35,40,46,49-54,63,65H,23-32,34,36-37,62H2,1H3,(H,64,78)(H,66,72)(H,67,74)(H,68,76)(H,69,73)(H,70,75)/t46?,49-,50-,51+,52-,53-,54-/m0/s1. The number of hydrogen-bond acceptors (Lipinski definition) is 12. The normalized spacial score (nSPS) is 22.4. The zero-order valence-corrected chi connectivity index (χ0v) is 45.2. The smallest absolute Gasteiger partial charge is 0.407 e. The number of alkyl carbamates (subject to hydrolysis) is 1. The van der Waals surface area contributed by atoms with Gasteiger partial charge < -0.3 is 67.0 Å². The minimum atomic E-state index is -1.43. The van der Waals surface area contributed by atoms with Crippen LogP contribution in [0, 0.1) is 5.92 Å². The summed E-state index contributed by atoms with van der Waals surface area (Å²) < 4.78 is 17.4. The summed E-state index contributed by atoms with van der Waals surface area (Å²) in [4.78, 5) is 109. The third-order valence-corrected chi connectivity index (χ3v) is 15.1. The first-order valence-electron chi connectivity index (χ1n) is 27.6. The highest BCUT2D eigenvalue weighted by atomic mass is 16.6. The molecule has 3 saturated heterocycles. The van der Waals surface area contributed by atoms with Crippen molar-refractivity contribution in [2.24, 2.45) is 11.7 Å². The van der Waals surface area contributed by atoms with E-state index >= 15 is 28.8 Å². The highest BCUT2D eigenvalue weighted by Gasteiger charge is 2.45. The third-order valence-electron chi connectivity index (χ3n) is 15.1. The van der Waals surface area contributed by atoms with E-state index in [0.717, 1.165) is 16.5 Å². The van der Waals surface area contributed by atoms with Gasteiger partial charge in [0.15, 0.2) is 0 Å². The maximum atomic E-state index is 15.4. The molecule has 424 valence electrons. The molecule has 9 rings (SSSR count). The molecule has 0 spiro atoms. The van der Waals surface area contributed by atoms with E-state index in [2.05, 4.69) is 42.2 Å². The number of H-pyrrole nitrogens is 1. The van der Waals surface area contributed by atoms with Gasteiger partial charge in [-0.1, -0.05) is 103 Å². The van der Waals surface area contributed by atoms with Crippen molar-refractivity contribution in [2.45, 2.75) is 93.9 Å². The summed E-state index contributed by atoms with van der Waals surface area (Å²) in [5.74, 6) is -3.14. The van der Waals surface area contributed by atoms with Gasteiger partial charge in [0.25, 0.3) is 0 Å². The van der Waals surface area contributed by atoms with Crippen LogP contribution in [0.25, 0.3) is 10.9 Å². The lowest BCUT2D eigenvalue weighted by Gasteiger charge is -2.32. The highest BCUT2D eigenvalue weighted by molar-refractivity contribution is 5.99. The average Bonchev–Trinajstić information content (AvgIpc) is 4.23. The van der Waals surface area contributed by atoms with Gasteiger partial charge in [-0.25, -0.2) is 4.79 Å². The van der Waals surface area contributed by atoms with Crippen LogP contribution in [0.4, 0.5) is 4.79 Å². The fourth-order valence-corrected chi connectivity index (χ4v) is 10.7. The second kappa shape index (κ2) is 27.4. The van der Waals surface area contributed by atoms with Gasteiger partial charge in [-0.05, 0) is 96.4 Å². The highest BCUT2D eigenvalue weighted by Crippen LogP contribution is 2.28. The largest absolute Gasteiger partial charge is 0.497 e. The van der Waals surface area contributed by atoms with Crippen LogP contribution in [0.15, 0.2) is 140 Å². The van der Waals surface area contributed by atoms with Gasteiger partial charge in [0.1, 0.15) is 60.5 Å². The number of piperidine rings is 1. The number of nitrogens with zero attached hydrogens (tertiary/aromatic N) is 1. The number of nitrogens with two attached hydrogens (primary N) is 1. The van der Waals surface area contributed by atoms with Gasteiger partial charge in [-0.2, -0.15) is 0 Å². The second-order valence-electron chi connectivity index (χ2n) is 20.8. The van der Waals surface area contributed by atoms with E-state index in [4.69, 9.17) is 19.9 Å². The Hall–Kier alpha value is -8.75. The Morgan fingerprint density at radius 3 is 1.93 bits per heavy atom. The van der Waals surface area contributed by atoms with E-state index in [1.165, 1.54) is 4.90 Å². The Balaban J connectivity index is 1.12. The number of carbonyl (C=O) groups excluding carboxylic acids is 7. The van der Waals surface area contributed by atoms with Gasteiger partial charge in [-0.15, -0.1) is 0 Å². The molecule has 0 bridgehead atoms. The molecule has 81 heavy (non-hydrogen) atoms. The van der Waals surface area contributed by atoms with Crippen LogP contribution in [0.2, 0.25) is 0 Å². The molecule has 7 amide bonds. The van der Waals surface area contributed by atoms with Crippen LogP contribution in [0.3, 0.4) is 0 Å². The van der Waals surface area contributed by atoms with Crippen LogP contribution < -0.4 is 52.4 Å². The SMILES string of the molecule is COc1ccc2[nH]cc(C[C@H]3NC(=O)[C@H](c4ccccc4)NC(=O)[C@@H]4CC(OC(=O)NCCN)CN4C(=O)[C@H](Cc4ccccc4)NC(=O)[C@H](Cc4ccc(OCc5ccccc5)cc4)NC(=O)[C@H](CC4CCNCC4)NC3=O)c2c1. The van der Waals surface area contributed by atoms with E-state index in [1.807, 2.05) is 48.5 Å². The van der Waals surface area contributed by atoms with Crippen LogP contribution in [-0.4, -0.2) is 128 Å². The van der Waals surface area contributed by atoms with E-state index < -0.39 is 83.9 Å². The Bertz CT molecular complexity index is 3120. The maximum absolute atomic E-state index is 15.4. The van der Waals surface area contributed by atoms with Gasteiger partial charge in [0, 0.05) is 55.9 Å². The zero-order valence-electron chi connectivity index (χ0n) is 45.2. The summed E-state index contributed by atoms with van der Waals surface area (Å²) in [6.45, 7) is 1.69. The van der Waals surface area contributed by atoms with Gasteiger partial charge >= 0.3 is 6.09 Å². The average molecular weight is 1100 g/mol. The van der Waals surface area contributed by atoms with E-state index in [-0.39, 0.29) is 57.7 Å². The van der Waals surface area contributed by atoms with Crippen molar-refractivity contribution in [1.29, 1.82) is 0 Å². The summed E-state index contributed by atoms with van der Waals surface area (Å²) in [5.41, 5.74) is 9.69. The number of hydrogen-bond donors (Lipinski definition) is 9. The van der Waals surface area contributed by atoms with Crippen molar-refractivity contribution < 1.29 is 47.8 Å². The number of nitrogens with one attached hydrogen (secondary N) is 8. The van der Waals surface area contributed by atoms with E-state index in [0.29, 0.717) is 66.3 Å². The molecule has 10 N–H and O–H groups in total. The molecule has 1 aromatic heterocycles. The fourth-order valence-electron chi connectivity index (χ4n) is 10.7. The van der Waals surface area contributed by atoms with Crippen molar-refractivity contribution in [3.05, 3.63) is 167 Å². The molecule has 20 heteroatoms. The molecular weight excluding hydrogens is 1030 g/mol. The molecule has 1 unspecified atom stereocenters. The molecule has 3 aliphatic heterocycles. The Labute approximate surface area is 470 Å². The molecule has 4 heterocycles. The maximum Gasteiger partial charge on any atom is 0.407 e. The van der Waals surface area contributed by atoms with Crippen LogP contribution >= 0.6 is 0 Å². The van der Waals surface area contributed by atoms with Gasteiger partial charge in [0.2, 0.25) is 35.4 Å². The van der Waals surface area contributed by atoms with Crippen molar-refractivity contribution in [3.8, 4) is 11.5 Å². The summed E-state index contributed by atoms with van der Waals surface area (Å²) in [6, 6.07) is 31.7. The molecule has 0 aliphatic carbocycles. The first-order chi connectivity index (χ1) is 39.4. The number of aromatic amines is 1. The Morgan fingerprint density at radius 2 is 1.23 bits per heavy atom. The molecule has 0 saturated carbocycles. The first-order valence-corrected chi connectivity index (χ1v) is 27.6. The van der Waals surface area contributed by atoms with Gasteiger partial charge in [0.05, 0.1) is 13.7 Å². The van der Waals surface area contributed by atoms with Crippen molar-refractivity contribution in [2.75, 3.05) is 39.8 Å². The summed E-state index contributed by atoms with van der Waals surface area (Å²) in [7, 11) is 1.54. The van der Waals surface area contributed by atoms with E-state index in [9.17, 15) is 4.79 Å². The van der Waals surface area contributed by atoms with Crippen molar-refractivity contribution in [1.82, 2.24) is 47.1 Å². The van der Waals surface area contributed by atoms with Crippen LogP contribution in [0.5, 0.6) is 11.5 Å². The number of fused-ring (bicyclic) bond motifs is 2. The molecule has 6 aromatic rings. The number of ether oxygens (including phenoxy) is 3.